The predicted octanol–water partition coefficient (Wildman–Crippen LogP) is 3.44. The molecule has 1 heterocycles. The van der Waals surface area contributed by atoms with Gasteiger partial charge in [0.2, 0.25) is 5.91 Å². The number of methoxy groups -OCH3 is 2. The Morgan fingerprint density at radius 3 is 2.31 bits per heavy atom. The first-order chi connectivity index (χ1) is 14.0. The van der Waals surface area contributed by atoms with E-state index in [4.69, 9.17) is 9.47 Å². The van der Waals surface area contributed by atoms with Crippen LogP contribution >= 0.6 is 0 Å². The van der Waals surface area contributed by atoms with E-state index in [1.54, 1.807) is 30.1 Å². The van der Waals surface area contributed by atoms with E-state index in [0.29, 0.717) is 12.8 Å². The molecular formula is C22H26N4O3. The molecule has 1 aromatic heterocycles. The van der Waals surface area contributed by atoms with Crippen LogP contribution in [0, 0.1) is 0 Å². The number of benzene rings is 2. The third-order valence-electron chi connectivity index (χ3n) is 5.07. The van der Waals surface area contributed by atoms with Crippen molar-refractivity contribution < 1.29 is 14.3 Å². The van der Waals surface area contributed by atoms with Gasteiger partial charge in [-0.3, -0.25) is 4.79 Å². The molecule has 0 aliphatic heterocycles. The fourth-order valence-corrected chi connectivity index (χ4v) is 3.13. The fourth-order valence-electron chi connectivity index (χ4n) is 3.13. The van der Waals surface area contributed by atoms with Crippen LogP contribution in [0.25, 0.3) is 5.69 Å². The summed E-state index contributed by atoms with van der Waals surface area (Å²) in [5.74, 6) is 1.53. The molecular weight excluding hydrogens is 368 g/mol. The maximum Gasteiger partial charge on any atom is 0.223 e. The molecule has 7 heteroatoms. The first-order valence-electron chi connectivity index (χ1n) is 9.44. The number of amides is 1. The summed E-state index contributed by atoms with van der Waals surface area (Å²) < 4.78 is 12.3. The molecule has 1 atom stereocenters. The minimum Gasteiger partial charge on any atom is -0.497 e. The molecule has 1 amide bonds. The second kappa shape index (κ2) is 9.23. The van der Waals surface area contributed by atoms with Crippen molar-refractivity contribution in [2.24, 2.45) is 0 Å². The van der Waals surface area contributed by atoms with Crippen LogP contribution in [-0.4, -0.2) is 46.8 Å². The van der Waals surface area contributed by atoms with Crippen LogP contribution in [0.15, 0.2) is 55.1 Å². The van der Waals surface area contributed by atoms with E-state index < -0.39 is 0 Å². The number of ether oxygens (including phenoxy) is 2. The van der Waals surface area contributed by atoms with Gasteiger partial charge in [-0.15, -0.1) is 0 Å². The lowest BCUT2D eigenvalue weighted by molar-refractivity contribution is -0.131. The highest BCUT2D eigenvalue weighted by Gasteiger charge is 2.17. The van der Waals surface area contributed by atoms with E-state index in [0.717, 1.165) is 28.3 Å². The lowest BCUT2D eigenvalue weighted by Gasteiger charge is -2.25. The Hall–Kier alpha value is -3.35. The summed E-state index contributed by atoms with van der Waals surface area (Å²) in [6.07, 6.45) is 4.19. The molecule has 3 rings (SSSR count). The molecule has 0 N–H and O–H groups in total. The number of carbonyl (C=O) groups excluding carboxylic acids is 1. The van der Waals surface area contributed by atoms with Crippen molar-refractivity contribution in [2.75, 3.05) is 21.3 Å². The zero-order valence-electron chi connectivity index (χ0n) is 17.2. The lowest BCUT2D eigenvalue weighted by Crippen LogP contribution is -2.29. The third kappa shape index (κ3) is 4.93. The monoisotopic (exact) mass is 394 g/mol. The van der Waals surface area contributed by atoms with Crippen LogP contribution in [0.3, 0.4) is 0 Å². The maximum atomic E-state index is 12.7. The third-order valence-corrected chi connectivity index (χ3v) is 5.07. The Morgan fingerprint density at radius 1 is 1.10 bits per heavy atom. The summed E-state index contributed by atoms with van der Waals surface area (Å²) in [6.45, 7) is 2.02. The Balaban J connectivity index is 1.62. The molecule has 29 heavy (non-hydrogen) atoms. The summed E-state index contributed by atoms with van der Waals surface area (Å²) in [4.78, 5) is 18.5. The van der Waals surface area contributed by atoms with Crippen molar-refractivity contribution >= 4 is 5.91 Å². The standard InChI is InChI=1S/C22H26N4O3/c1-16(18-6-8-19(9-7-18)26-15-23-14-24-26)25(2)22(27)10-5-17-11-20(28-3)13-21(12-17)29-4/h6-9,11-16H,5,10H2,1-4H3/t16-/m1/s1. The Morgan fingerprint density at radius 2 is 1.76 bits per heavy atom. The second-order valence-corrected chi connectivity index (χ2v) is 6.83. The summed E-state index contributed by atoms with van der Waals surface area (Å²) in [6, 6.07) is 13.6. The maximum absolute atomic E-state index is 12.7. The first kappa shape index (κ1) is 20.4. The van der Waals surface area contributed by atoms with Gasteiger partial charge >= 0.3 is 0 Å². The van der Waals surface area contributed by atoms with Gasteiger partial charge in [-0.05, 0) is 48.7 Å². The van der Waals surface area contributed by atoms with Gasteiger partial charge in [-0.2, -0.15) is 5.10 Å². The van der Waals surface area contributed by atoms with E-state index in [2.05, 4.69) is 10.1 Å². The Kier molecular flexibility index (Phi) is 6.49. The van der Waals surface area contributed by atoms with Gasteiger partial charge in [0.1, 0.15) is 24.2 Å². The molecule has 2 aromatic carbocycles. The number of nitrogens with zero attached hydrogens (tertiary/aromatic N) is 4. The average molecular weight is 394 g/mol. The minimum atomic E-state index is -0.0351. The molecule has 0 unspecified atom stereocenters. The molecule has 7 nitrogen and oxygen atoms in total. The van der Waals surface area contributed by atoms with Crippen molar-refractivity contribution in [1.29, 1.82) is 0 Å². The topological polar surface area (TPSA) is 69.5 Å². The number of rotatable bonds is 8. The van der Waals surface area contributed by atoms with E-state index in [9.17, 15) is 4.79 Å². The molecule has 0 bridgehead atoms. The van der Waals surface area contributed by atoms with Crippen LogP contribution in [0.4, 0.5) is 0 Å². The van der Waals surface area contributed by atoms with Crippen molar-refractivity contribution in [2.45, 2.75) is 25.8 Å². The summed E-state index contributed by atoms with van der Waals surface area (Å²) in [5.41, 5.74) is 3.00. The highest BCUT2D eigenvalue weighted by molar-refractivity contribution is 5.76. The Bertz CT molecular complexity index is 917. The molecule has 0 saturated heterocycles. The smallest absolute Gasteiger partial charge is 0.223 e. The van der Waals surface area contributed by atoms with Crippen LogP contribution in [-0.2, 0) is 11.2 Å². The zero-order valence-corrected chi connectivity index (χ0v) is 17.2. The predicted molar refractivity (Wildman–Crippen MR) is 110 cm³/mol. The van der Waals surface area contributed by atoms with Gasteiger partial charge in [0.25, 0.3) is 0 Å². The molecule has 0 saturated carbocycles. The summed E-state index contributed by atoms with van der Waals surface area (Å²) >= 11 is 0. The Labute approximate surface area is 170 Å². The van der Waals surface area contributed by atoms with E-state index in [1.807, 2.05) is 56.4 Å². The van der Waals surface area contributed by atoms with Crippen LogP contribution in [0.1, 0.15) is 30.5 Å². The normalized spacial score (nSPS) is 11.7. The largest absolute Gasteiger partial charge is 0.497 e. The van der Waals surface area contributed by atoms with Crippen LogP contribution in [0.2, 0.25) is 0 Å². The number of aryl methyl sites for hydroxylation is 1. The van der Waals surface area contributed by atoms with Gasteiger partial charge < -0.3 is 14.4 Å². The lowest BCUT2D eigenvalue weighted by atomic mass is 10.0. The van der Waals surface area contributed by atoms with Gasteiger partial charge in [-0.1, -0.05) is 12.1 Å². The van der Waals surface area contributed by atoms with Gasteiger partial charge in [-0.25, -0.2) is 9.67 Å². The summed E-state index contributed by atoms with van der Waals surface area (Å²) in [5, 5.41) is 4.13. The van der Waals surface area contributed by atoms with Gasteiger partial charge in [0.05, 0.1) is 25.9 Å². The molecule has 0 radical (unpaired) electrons. The van der Waals surface area contributed by atoms with Crippen molar-refractivity contribution in [3.63, 3.8) is 0 Å². The second-order valence-electron chi connectivity index (χ2n) is 6.83. The van der Waals surface area contributed by atoms with Gasteiger partial charge in [0, 0.05) is 19.5 Å². The van der Waals surface area contributed by atoms with E-state index >= 15 is 0 Å². The highest BCUT2D eigenvalue weighted by Crippen LogP contribution is 2.25. The molecule has 0 spiro atoms. The molecule has 0 fully saturated rings. The number of aromatic nitrogens is 3. The van der Waals surface area contributed by atoms with Crippen molar-refractivity contribution in [3.05, 3.63) is 66.2 Å². The average Bonchev–Trinajstić information content (AvgIpc) is 3.31. The van der Waals surface area contributed by atoms with E-state index in [1.165, 1.54) is 6.33 Å². The van der Waals surface area contributed by atoms with Crippen LogP contribution in [0.5, 0.6) is 11.5 Å². The molecule has 0 aliphatic carbocycles. The van der Waals surface area contributed by atoms with E-state index in [-0.39, 0.29) is 11.9 Å². The zero-order chi connectivity index (χ0) is 20.8. The van der Waals surface area contributed by atoms with Crippen molar-refractivity contribution in [3.8, 4) is 17.2 Å². The van der Waals surface area contributed by atoms with Gasteiger partial charge in [0.15, 0.2) is 0 Å². The number of hydrogen-bond donors (Lipinski definition) is 0. The van der Waals surface area contributed by atoms with Crippen LogP contribution < -0.4 is 9.47 Å². The number of carbonyl (C=O) groups is 1. The summed E-state index contributed by atoms with van der Waals surface area (Å²) in [7, 11) is 5.07. The molecule has 3 aromatic rings. The minimum absolute atomic E-state index is 0.0351. The molecule has 0 aliphatic rings. The fraction of sp³-hybridized carbons (Fsp3) is 0.318. The SMILES string of the molecule is COc1cc(CCC(=O)N(C)[C@H](C)c2ccc(-n3cncn3)cc2)cc(OC)c1. The molecule has 152 valence electrons. The quantitative estimate of drug-likeness (QED) is 0.585. The first-order valence-corrected chi connectivity index (χ1v) is 9.44. The highest BCUT2D eigenvalue weighted by atomic mass is 16.5. The van der Waals surface area contributed by atoms with Crippen molar-refractivity contribution in [1.82, 2.24) is 19.7 Å². The number of hydrogen-bond acceptors (Lipinski definition) is 5.